The third-order valence-electron chi connectivity index (χ3n) is 2.97. The number of nitrogens with zero attached hydrogens (tertiary/aromatic N) is 1. The molecule has 2 unspecified atom stereocenters. The predicted molar refractivity (Wildman–Crippen MR) is 43.7 cm³/mol. The molecular formula is C9H4F9N. The van der Waals surface area contributed by atoms with E-state index in [-0.39, 0.29) is 12.2 Å². The van der Waals surface area contributed by atoms with Crippen molar-refractivity contribution in [3.05, 3.63) is 23.9 Å². The molecule has 0 N–H and O–H groups in total. The first-order valence-corrected chi connectivity index (χ1v) is 4.73. The van der Waals surface area contributed by atoms with Gasteiger partial charge in [-0.2, -0.15) is 26.3 Å². The van der Waals surface area contributed by atoms with Gasteiger partial charge in [0.25, 0.3) is 5.67 Å². The summed E-state index contributed by atoms with van der Waals surface area (Å²) in [5.41, 5.74) is -7.11. The van der Waals surface area contributed by atoms with Crippen molar-refractivity contribution in [3.63, 3.8) is 0 Å². The van der Waals surface area contributed by atoms with Crippen molar-refractivity contribution in [1.29, 1.82) is 0 Å². The normalized spacial score (nSPS) is 38.7. The molecule has 1 nitrogen and oxygen atoms in total. The number of hydrogen-bond acceptors (Lipinski definition) is 1. The lowest BCUT2D eigenvalue weighted by Gasteiger charge is -2.50. The zero-order valence-electron chi connectivity index (χ0n) is 8.66. The minimum Gasteiger partial charge on any atom is -0.239 e. The summed E-state index contributed by atoms with van der Waals surface area (Å²) in [7, 11) is 0. The van der Waals surface area contributed by atoms with Gasteiger partial charge in [-0.05, 0) is 12.2 Å². The maximum atomic E-state index is 13.9. The van der Waals surface area contributed by atoms with Crippen LogP contribution < -0.4 is 0 Å². The minimum absolute atomic E-state index is 0.0487. The van der Waals surface area contributed by atoms with E-state index in [1.165, 1.54) is 0 Å². The van der Waals surface area contributed by atoms with Crippen LogP contribution in [0, 0.1) is 0 Å². The fourth-order valence-corrected chi connectivity index (χ4v) is 1.87. The Bertz CT molecular complexity index is 468. The Morgan fingerprint density at radius 1 is 0.947 bits per heavy atom. The Kier molecular flexibility index (Phi) is 2.51. The molecule has 2 aliphatic rings. The molecular weight excluding hydrogens is 293 g/mol. The van der Waals surface area contributed by atoms with Gasteiger partial charge in [-0.15, -0.1) is 5.12 Å². The molecule has 108 valence electrons. The fraction of sp³-hybridized carbons (Fsp3) is 0.556. The van der Waals surface area contributed by atoms with Crippen LogP contribution in [0.5, 0.6) is 0 Å². The van der Waals surface area contributed by atoms with E-state index in [1.807, 2.05) is 0 Å². The molecule has 2 atom stereocenters. The van der Waals surface area contributed by atoms with Gasteiger partial charge in [-0.25, -0.2) is 8.78 Å². The molecule has 1 fully saturated rings. The summed E-state index contributed by atoms with van der Waals surface area (Å²) in [5, 5.41) is -2.15. The van der Waals surface area contributed by atoms with Gasteiger partial charge >= 0.3 is 17.9 Å². The highest BCUT2D eigenvalue weighted by atomic mass is 19.4. The minimum atomic E-state index is -6.43. The van der Waals surface area contributed by atoms with Gasteiger partial charge in [-0.1, -0.05) is 10.6 Å². The van der Waals surface area contributed by atoms with Crippen LogP contribution >= 0.6 is 0 Å². The zero-order valence-corrected chi connectivity index (χ0v) is 8.66. The number of rotatable bonds is 0. The van der Waals surface area contributed by atoms with Crippen LogP contribution in [0.2, 0.25) is 0 Å². The summed E-state index contributed by atoms with van der Waals surface area (Å²) in [6.07, 6.45) is -2.78. The molecule has 19 heavy (non-hydrogen) atoms. The molecule has 2 rings (SSSR count). The van der Waals surface area contributed by atoms with Gasteiger partial charge in [0.05, 0.1) is 5.70 Å². The molecule has 1 aliphatic carbocycles. The van der Waals surface area contributed by atoms with Crippen LogP contribution in [0.15, 0.2) is 23.9 Å². The van der Waals surface area contributed by atoms with Crippen molar-refractivity contribution in [2.45, 2.75) is 29.7 Å². The number of alkyl halides is 8. The van der Waals surface area contributed by atoms with Crippen molar-refractivity contribution in [2.75, 3.05) is 0 Å². The van der Waals surface area contributed by atoms with Gasteiger partial charge in [0.2, 0.25) is 0 Å². The van der Waals surface area contributed by atoms with Gasteiger partial charge in [-0.3, -0.25) is 0 Å². The maximum absolute atomic E-state index is 13.9. The van der Waals surface area contributed by atoms with E-state index < -0.39 is 40.6 Å². The number of halogens is 9. The van der Waals surface area contributed by atoms with E-state index in [2.05, 4.69) is 0 Å². The van der Waals surface area contributed by atoms with Crippen molar-refractivity contribution < 1.29 is 39.6 Å². The van der Waals surface area contributed by atoms with Crippen LogP contribution in [-0.4, -0.2) is 34.9 Å². The monoisotopic (exact) mass is 297 g/mol. The van der Waals surface area contributed by atoms with Crippen LogP contribution in [0.1, 0.15) is 0 Å². The molecule has 0 aromatic rings. The summed E-state index contributed by atoms with van der Waals surface area (Å²) in [5.74, 6) is -12.6. The molecule has 1 saturated heterocycles. The molecule has 0 bridgehead atoms. The van der Waals surface area contributed by atoms with Crippen molar-refractivity contribution >= 4 is 0 Å². The Hall–Kier alpha value is -1.35. The molecule has 0 radical (unpaired) electrons. The van der Waals surface area contributed by atoms with Crippen molar-refractivity contribution in [3.8, 4) is 0 Å². The Morgan fingerprint density at radius 3 is 2.00 bits per heavy atom. The molecule has 1 aliphatic heterocycles. The number of allylic oxidation sites excluding steroid dienone is 4. The number of hydrogen-bond donors (Lipinski definition) is 0. The van der Waals surface area contributed by atoms with Crippen LogP contribution in [-0.2, 0) is 0 Å². The summed E-state index contributed by atoms with van der Waals surface area (Å²) < 4.78 is 119. The van der Waals surface area contributed by atoms with E-state index in [4.69, 9.17) is 0 Å². The average molecular weight is 297 g/mol. The summed E-state index contributed by atoms with van der Waals surface area (Å²) in [6, 6.07) is -6.01. The third-order valence-corrected chi connectivity index (χ3v) is 2.97. The molecule has 1 heterocycles. The number of fused-ring (bicyclic) bond motifs is 1. The highest BCUT2D eigenvalue weighted by molar-refractivity contribution is 5.39. The molecule has 10 heteroatoms. The van der Waals surface area contributed by atoms with E-state index in [9.17, 15) is 39.6 Å². The number of piperidine rings is 1. The first-order chi connectivity index (χ1) is 8.42. The van der Waals surface area contributed by atoms with Gasteiger partial charge < -0.3 is 0 Å². The fourth-order valence-electron chi connectivity index (χ4n) is 1.87. The summed E-state index contributed by atoms with van der Waals surface area (Å²) in [4.78, 5) is 0. The highest BCUT2D eigenvalue weighted by Gasteiger charge is 2.89. The lowest BCUT2D eigenvalue weighted by molar-refractivity contribution is -0.428. The van der Waals surface area contributed by atoms with Crippen LogP contribution in [0.4, 0.5) is 39.6 Å². The first-order valence-electron chi connectivity index (χ1n) is 4.73. The lowest BCUT2D eigenvalue weighted by atomic mass is 9.78. The molecule has 0 aromatic heterocycles. The van der Waals surface area contributed by atoms with Gasteiger partial charge in [0.1, 0.15) is 0 Å². The summed E-state index contributed by atoms with van der Waals surface area (Å²) in [6.45, 7) is 0. The van der Waals surface area contributed by atoms with Gasteiger partial charge in [0.15, 0.2) is 6.17 Å². The smallest absolute Gasteiger partial charge is 0.239 e. The van der Waals surface area contributed by atoms with Crippen molar-refractivity contribution in [2.24, 2.45) is 0 Å². The first kappa shape index (κ1) is 14.1. The molecule has 0 spiro atoms. The Balaban J connectivity index is 2.75. The van der Waals surface area contributed by atoms with E-state index in [0.29, 0.717) is 6.08 Å². The summed E-state index contributed by atoms with van der Waals surface area (Å²) >= 11 is 0. The van der Waals surface area contributed by atoms with Crippen LogP contribution in [0.3, 0.4) is 0 Å². The maximum Gasteiger partial charge on any atom is 0.420 e. The zero-order chi connectivity index (χ0) is 14.9. The van der Waals surface area contributed by atoms with E-state index in [1.54, 1.807) is 0 Å². The topological polar surface area (TPSA) is 3.24 Å². The predicted octanol–water partition coefficient (Wildman–Crippen LogP) is 3.55. The van der Waals surface area contributed by atoms with E-state index in [0.717, 1.165) is 0 Å². The second-order valence-corrected chi connectivity index (χ2v) is 4.02. The van der Waals surface area contributed by atoms with Gasteiger partial charge in [0, 0.05) is 0 Å². The standard InChI is InChI=1S/C9H4F9N/c10-4-2-1-3-5-6(4,11)7(12,13)8(14,15)9(16,17)19(5)18/h1-4H. The molecule has 0 amide bonds. The average Bonchev–Trinajstić information content (AvgIpc) is 2.29. The highest BCUT2D eigenvalue weighted by Crippen LogP contribution is 2.63. The second kappa shape index (κ2) is 3.40. The van der Waals surface area contributed by atoms with Crippen LogP contribution in [0.25, 0.3) is 0 Å². The largest absolute Gasteiger partial charge is 0.420 e. The Morgan fingerprint density at radius 2 is 1.47 bits per heavy atom. The van der Waals surface area contributed by atoms with Crippen molar-refractivity contribution in [1.82, 2.24) is 5.12 Å². The van der Waals surface area contributed by atoms with E-state index >= 15 is 0 Å². The molecule has 0 aromatic carbocycles. The second-order valence-electron chi connectivity index (χ2n) is 4.02. The quantitative estimate of drug-likeness (QED) is 0.375. The SMILES string of the molecule is FC1C=CC=C2N(F)C(F)(F)C(F)(F)C(F)(F)C21F. The Labute approximate surface area is 99.5 Å². The molecule has 0 saturated carbocycles. The lowest BCUT2D eigenvalue weighted by Crippen LogP contribution is -2.76. The third kappa shape index (κ3) is 1.24.